The van der Waals surface area contributed by atoms with Crippen LogP contribution in [0.15, 0.2) is 30.3 Å². The van der Waals surface area contributed by atoms with Crippen molar-refractivity contribution in [3.63, 3.8) is 0 Å². The van der Waals surface area contributed by atoms with Crippen LogP contribution in [-0.2, 0) is 0 Å². The van der Waals surface area contributed by atoms with E-state index in [1.165, 1.54) is 0 Å². The summed E-state index contributed by atoms with van der Waals surface area (Å²) in [6, 6.07) is 1.89. The summed E-state index contributed by atoms with van der Waals surface area (Å²) in [7, 11) is 0.963. The second-order valence-electron chi connectivity index (χ2n) is 8.35. The Morgan fingerprint density at radius 1 is 0.425 bits per heavy atom. The Bertz CT molecular complexity index is 1810. The van der Waals surface area contributed by atoms with Gasteiger partial charge in [0, 0.05) is 56.4 Å². The van der Waals surface area contributed by atoms with E-state index in [0.717, 1.165) is 7.11 Å². The van der Waals surface area contributed by atoms with Gasteiger partial charge in [-0.1, -0.05) is 0 Å². The van der Waals surface area contributed by atoms with Crippen LogP contribution in [0.4, 0.5) is 52.7 Å². The zero-order valence-corrected chi connectivity index (χ0v) is 19.3. The van der Waals surface area contributed by atoms with Crippen molar-refractivity contribution >= 4 is 21.5 Å². The first-order valence-electron chi connectivity index (χ1n) is 10.8. The van der Waals surface area contributed by atoms with Crippen LogP contribution in [-0.4, -0.2) is 7.11 Å². The number of ether oxygens (including phenoxy) is 1. The molecule has 0 aliphatic carbocycles. The van der Waals surface area contributed by atoms with Crippen molar-refractivity contribution in [2.24, 2.45) is 0 Å². The van der Waals surface area contributed by atoms with Crippen molar-refractivity contribution in [2.45, 2.75) is 0 Å². The normalized spacial score (nSPS) is 11.6. The number of rotatable bonds is 3. The molecule has 0 radical (unpaired) electrons. The number of hydrogen-bond donors (Lipinski definition) is 0. The van der Waals surface area contributed by atoms with Crippen LogP contribution in [0.1, 0.15) is 0 Å². The molecule has 0 fully saturated rings. The first-order chi connectivity index (χ1) is 18.8. The van der Waals surface area contributed by atoms with Crippen molar-refractivity contribution in [1.29, 1.82) is 0 Å². The van der Waals surface area contributed by atoms with E-state index in [4.69, 9.17) is 0 Å². The van der Waals surface area contributed by atoms with Crippen LogP contribution in [0.5, 0.6) is 5.75 Å². The maximum absolute atomic E-state index is 15.4. The predicted octanol–water partition coefficient (Wildman–Crippen LogP) is 9.00. The topological polar surface area (TPSA) is 9.23 Å². The van der Waals surface area contributed by atoms with Crippen molar-refractivity contribution in [1.82, 2.24) is 0 Å². The Balaban J connectivity index is 2.26. The monoisotopic (exact) mass is 576 g/mol. The average molecular weight is 576 g/mol. The number of fused-ring (bicyclic) bond motifs is 2. The van der Waals surface area contributed by atoms with E-state index in [1.54, 1.807) is 0 Å². The third-order valence-corrected chi connectivity index (χ3v) is 6.24. The molecule has 0 atom stereocenters. The maximum Gasteiger partial charge on any atom is 0.198 e. The maximum atomic E-state index is 15.4. The number of halogens is 12. The molecule has 0 saturated carbocycles. The number of benzene rings is 5. The fraction of sp³-hybridized carbons (Fsp3) is 0.0370. The van der Waals surface area contributed by atoms with Crippen LogP contribution in [0.25, 0.3) is 43.8 Å². The Morgan fingerprint density at radius 3 is 1.20 bits per heavy atom. The Hall–Kier alpha value is -4.42. The van der Waals surface area contributed by atoms with Gasteiger partial charge in [0.15, 0.2) is 46.5 Å². The third kappa shape index (κ3) is 3.67. The smallest absolute Gasteiger partial charge is 0.198 e. The largest absolute Gasteiger partial charge is 0.497 e. The van der Waals surface area contributed by atoms with Gasteiger partial charge < -0.3 is 4.74 Å². The lowest BCUT2D eigenvalue weighted by Crippen LogP contribution is -2.08. The van der Waals surface area contributed by atoms with Gasteiger partial charge >= 0.3 is 0 Å². The quantitative estimate of drug-likeness (QED) is 0.0902. The Morgan fingerprint density at radius 2 is 0.825 bits per heavy atom. The van der Waals surface area contributed by atoms with Crippen molar-refractivity contribution in [2.75, 3.05) is 7.11 Å². The molecule has 0 saturated heterocycles. The highest BCUT2D eigenvalue weighted by Crippen LogP contribution is 2.50. The SMILES string of the molecule is COc1cc(F)c(-c2c3c(F)c(F)c(F)c(F)c3c(-c3ccc(F)cc3F)c3c(F)c(F)c(F)c(F)c23)c(F)c1. The molecule has 0 spiro atoms. The second kappa shape index (κ2) is 9.35. The summed E-state index contributed by atoms with van der Waals surface area (Å²) in [4.78, 5) is 0. The van der Waals surface area contributed by atoms with Gasteiger partial charge in [0.25, 0.3) is 0 Å². The molecule has 0 heterocycles. The Kier molecular flexibility index (Phi) is 6.35. The van der Waals surface area contributed by atoms with E-state index in [9.17, 15) is 26.3 Å². The lowest BCUT2D eigenvalue weighted by Gasteiger charge is -2.21. The summed E-state index contributed by atoms with van der Waals surface area (Å²) in [6.45, 7) is 0. The van der Waals surface area contributed by atoms with E-state index in [1.807, 2.05) is 0 Å². The van der Waals surface area contributed by atoms with Crippen LogP contribution < -0.4 is 4.74 Å². The molecule has 0 bridgehead atoms. The molecule has 0 aliphatic heterocycles. The molecule has 13 heteroatoms. The highest BCUT2D eigenvalue weighted by molar-refractivity contribution is 6.22. The summed E-state index contributed by atoms with van der Waals surface area (Å²) in [6.07, 6.45) is 0. The third-order valence-electron chi connectivity index (χ3n) is 6.24. The summed E-state index contributed by atoms with van der Waals surface area (Å²) < 4.78 is 183. The van der Waals surface area contributed by atoms with Gasteiger partial charge in [0.1, 0.15) is 29.0 Å². The molecule has 1 nitrogen and oxygen atoms in total. The molecule has 206 valence electrons. The van der Waals surface area contributed by atoms with Gasteiger partial charge in [-0.2, -0.15) is 0 Å². The number of methoxy groups -OCH3 is 1. The van der Waals surface area contributed by atoms with E-state index >= 15 is 26.3 Å². The first kappa shape index (κ1) is 27.2. The predicted molar refractivity (Wildman–Crippen MR) is 118 cm³/mol. The fourth-order valence-electron chi connectivity index (χ4n) is 4.57. The molecule has 0 N–H and O–H groups in total. The summed E-state index contributed by atoms with van der Waals surface area (Å²) in [5, 5.41) is -6.70. The lowest BCUT2D eigenvalue weighted by atomic mass is 9.84. The highest BCUT2D eigenvalue weighted by atomic mass is 19.2. The zero-order valence-electron chi connectivity index (χ0n) is 19.3. The molecule has 0 amide bonds. The Labute approximate surface area is 214 Å². The first-order valence-corrected chi connectivity index (χ1v) is 10.8. The molecule has 0 unspecified atom stereocenters. The fourth-order valence-corrected chi connectivity index (χ4v) is 4.57. The van der Waals surface area contributed by atoms with E-state index in [0.29, 0.717) is 24.3 Å². The van der Waals surface area contributed by atoms with Crippen LogP contribution in [0.2, 0.25) is 0 Å². The van der Waals surface area contributed by atoms with E-state index in [-0.39, 0.29) is 6.07 Å². The van der Waals surface area contributed by atoms with Crippen molar-refractivity contribution < 1.29 is 57.4 Å². The molecule has 40 heavy (non-hydrogen) atoms. The average Bonchev–Trinajstić information content (AvgIpc) is 2.91. The highest BCUT2D eigenvalue weighted by Gasteiger charge is 2.35. The minimum Gasteiger partial charge on any atom is -0.497 e. The summed E-state index contributed by atoms with van der Waals surface area (Å²) >= 11 is 0. The van der Waals surface area contributed by atoms with Crippen LogP contribution >= 0.6 is 0 Å². The molecule has 5 rings (SSSR count). The van der Waals surface area contributed by atoms with Gasteiger partial charge in [-0.3, -0.25) is 0 Å². The van der Waals surface area contributed by atoms with Gasteiger partial charge in [-0.25, -0.2) is 52.7 Å². The van der Waals surface area contributed by atoms with Gasteiger partial charge in [0.2, 0.25) is 0 Å². The molecule has 0 aromatic heterocycles. The van der Waals surface area contributed by atoms with Crippen LogP contribution in [0, 0.1) is 69.8 Å². The molecule has 5 aromatic carbocycles. The molecular formula is C27H8F12O. The minimum absolute atomic E-state index is 0.117. The van der Waals surface area contributed by atoms with Gasteiger partial charge in [-0.05, 0) is 12.1 Å². The summed E-state index contributed by atoms with van der Waals surface area (Å²) in [5.74, 6) is -27.1. The van der Waals surface area contributed by atoms with Crippen LogP contribution in [0.3, 0.4) is 0 Å². The molecule has 0 aliphatic rings. The van der Waals surface area contributed by atoms with Gasteiger partial charge in [-0.15, -0.1) is 0 Å². The molecular weight excluding hydrogens is 568 g/mol. The number of hydrogen-bond acceptors (Lipinski definition) is 1. The second-order valence-corrected chi connectivity index (χ2v) is 8.35. The van der Waals surface area contributed by atoms with Gasteiger partial charge in [0.05, 0.1) is 12.7 Å². The van der Waals surface area contributed by atoms with E-state index in [2.05, 4.69) is 4.74 Å². The minimum atomic E-state index is -2.60. The van der Waals surface area contributed by atoms with Crippen molar-refractivity contribution in [3.05, 3.63) is 100 Å². The molecule has 5 aromatic rings. The van der Waals surface area contributed by atoms with Crippen molar-refractivity contribution in [3.8, 4) is 28.0 Å². The summed E-state index contributed by atoms with van der Waals surface area (Å²) in [5.41, 5.74) is -5.74. The lowest BCUT2D eigenvalue weighted by molar-refractivity contribution is 0.407. The standard InChI is InChI=1S/C27H8F12O/c1-40-8-5-11(30)14(12(31)6-8)15-18-16(20(32)24(36)26(38)22(18)34)13(9-3-2-7(28)4-10(9)29)17-19(15)23(35)27(39)25(37)21(17)33/h2-6H,1H3. The zero-order chi connectivity index (χ0) is 29.4. The van der Waals surface area contributed by atoms with E-state index < -0.39 is 119 Å².